The number of carboxylic acids is 1. The first kappa shape index (κ1) is 76.5. The van der Waals surface area contributed by atoms with Gasteiger partial charge < -0.3 is 75.6 Å². The number of amides is 8. The summed E-state index contributed by atoms with van der Waals surface area (Å²) in [6, 6.07) is 13.6. The standard InChI is InChI=1S/C69H97N9O16SSi2/c1-15-29-91-57(82)32-51(65(87)78-35-41(79)30-53(78)66(88)89)74-61(84)52-38-95-64-47(46-27-21-22-28-49(46)75-64)31-50(60(83)70-34-56(81)76-58(39(3)16-2)62(85)71-33-55(80)72-52)73-63(86)59(40(4)54(94-97(13,14)69(8,9)10)37-93-96(11,12)68(5,6)7)77-67(90)92-36-48-44-25-19-17-23-42(44)43-24-18-20-26-45(43)48/h15,17-29,39-41,48,50-54,58-59,75,79H,16,30-38H2,1-14H3,(H,70,83)(H,71,85)(H,72,80)(H,73,86)(H,74,84)(H,76,81)(H,77,90)(H,88,89)/b29-15+/t39-,40-,41+,50-,51-,52-,53-,54-,58-,59-/m0/s1. The van der Waals surface area contributed by atoms with Crippen LogP contribution in [0.15, 0.2) is 90.2 Å². The lowest BCUT2D eigenvalue weighted by molar-refractivity contribution is -0.150. The molecule has 2 aliphatic heterocycles. The predicted octanol–water partition coefficient (Wildman–Crippen LogP) is 6.50. The van der Waals surface area contributed by atoms with Crippen molar-refractivity contribution in [2.24, 2.45) is 11.8 Å². The number of aromatic amines is 1. The highest BCUT2D eigenvalue weighted by atomic mass is 32.2. The summed E-state index contributed by atoms with van der Waals surface area (Å²) in [5.74, 6) is -10.7. The second kappa shape index (κ2) is 32.6. The molecular formula is C69H97N9O16SSi2. The summed E-state index contributed by atoms with van der Waals surface area (Å²) in [6.45, 7) is 25.9. The number of H-pyrrole nitrogens is 1. The zero-order chi connectivity index (χ0) is 71.5. The van der Waals surface area contributed by atoms with Crippen molar-refractivity contribution in [3.8, 4) is 11.1 Å². The van der Waals surface area contributed by atoms with E-state index in [9.17, 15) is 48.6 Å². The number of aliphatic carboxylic acids is 1. The number of alkyl carbamates (subject to hydrolysis) is 1. The molecule has 97 heavy (non-hydrogen) atoms. The van der Waals surface area contributed by atoms with Gasteiger partial charge in [-0.05, 0) is 83.0 Å². The maximum atomic E-state index is 15.8. The van der Waals surface area contributed by atoms with Crippen LogP contribution in [-0.4, -0.2) is 183 Å². The summed E-state index contributed by atoms with van der Waals surface area (Å²) in [7, 11) is -5.24. The van der Waals surface area contributed by atoms with Crippen LogP contribution in [0, 0.1) is 11.8 Å². The van der Waals surface area contributed by atoms with Gasteiger partial charge in [0.25, 0.3) is 0 Å². The van der Waals surface area contributed by atoms with Crippen LogP contribution in [0.25, 0.3) is 22.0 Å². The number of para-hydroxylation sites is 1. The quantitative estimate of drug-likeness (QED) is 0.0242. The molecule has 10 atom stereocenters. The molecule has 7 rings (SSSR count). The van der Waals surface area contributed by atoms with E-state index < -0.39 is 162 Å². The summed E-state index contributed by atoms with van der Waals surface area (Å²) >= 11 is 0.992. The number of esters is 1. The van der Waals surface area contributed by atoms with Gasteiger partial charge in [-0.3, -0.25) is 38.4 Å². The molecule has 10 N–H and O–H groups in total. The van der Waals surface area contributed by atoms with Gasteiger partial charge >= 0.3 is 18.0 Å². The van der Waals surface area contributed by atoms with E-state index in [1.165, 1.54) is 6.08 Å². The van der Waals surface area contributed by atoms with Crippen LogP contribution in [0.1, 0.15) is 111 Å². The first-order chi connectivity index (χ1) is 45.6. The number of aliphatic hydroxyl groups excluding tert-OH is 1. The number of fused-ring (bicyclic) bond motifs is 6. The van der Waals surface area contributed by atoms with E-state index in [1.807, 2.05) is 48.5 Å². The summed E-state index contributed by atoms with van der Waals surface area (Å²) in [5, 5.41) is 39.7. The van der Waals surface area contributed by atoms with Gasteiger partial charge in [-0.1, -0.05) is 142 Å². The number of aromatic nitrogens is 1. The Kier molecular flexibility index (Phi) is 25.7. The van der Waals surface area contributed by atoms with E-state index in [0.717, 1.165) is 45.2 Å². The third-order valence-corrected chi connectivity index (χ3v) is 29.5. The fourth-order valence-electron chi connectivity index (χ4n) is 11.4. The van der Waals surface area contributed by atoms with Crippen molar-refractivity contribution in [2.45, 2.75) is 191 Å². The van der Waals surface area contributed by atoms with Crippen molar-refractivity contribution in [1.29, 1.82) is 0 Å². The summed E-state index contributed by atoms with van der Waals surface area (Å²) in [5.41, 5.74) is 4.90. The number of β-amino-alcohol motifs (C(OH)–C–C–N with tert-alkyl or cyclic N) is 1. The molecule has 28 heteroatoms. The molecule has 1 saturated heterocycles. The lowest BCUT2D eigenvalue weighted by Gasteiger charge is -2.44. The number of thioether (sulfide) groups is 1. The fraction of sp³-hybridized carbons (Fsp3) is 0.536. The first-order valence-electron chi connectivity index (χ1n) is 33.0. The summed E-state index contributed by atoms with van der Waals surface area (Å²) < 4.78 is 25.3. The molecule has 1 fully saturated rings. The second-order valence-corrected chi connectivity index (χ2v) is 38.9. The Hall–Kier alpha value is -7.90. The minimum Gasteiger partial charge on any atom is -0.480 e. The monoisotopic (exact) mass is 1400 g/mol. The van der Waals surface area contributed by atoms with Gasteiger partial charge in [-0.25, -0.2) is 9.59 Å². The molecule has 0 saturated carbocycles. The molecule has 3 aliphatic rings. The van der Waals surface area contributed by atoms with Crippen molar-refractivity contribution in [1.82, 2.24) is 47.1 Å². The second-order valence-electron chi connectivity index (χ2n) is 28.3. The molecule has 0 spiro atoms. The number of benzene rings is 3. The van der Waals surface area contributed by atoms with E-state index in [-0.39, 0.29) is 47.8 Å². The molecule has 3 aromatic carbocycles. The maximum absolute atomic E-state index is 15.8. The van der Waals surface area contributed by atoms with E-state index in [0.29, 0.717) is 27.9 Å². The van der Waals surface area contributed by atoms with Gasteiger partial charge in [-0.15, -0.1) is 11.8 Å². The molecule has 3 heterocycles. The number of carbonyl (C=O) groups excluding carboxylic acids is 9. The van der Waals surface area contributed by atoms with Crippen molar-refractivity contribution < 1.29 is 76.5 Å². The minimum absolute atomic E-state index is 0.0399. The normalized spacial score (nSPS) is 21.0. The Balaban J connectivity index is 1.30. The third kappa shape index (κ3) is 19.3. The third-order valence-electron chi connectivity index (χ3n) is 19.4. The Morgan fingerprint density at radius 2 is 1.40 bits per heavy atom. The van der Waals surface area contributed by atoms with Crippen LogP contribution in [0.5, 0.6) is 0 Å². The minimum atomic E-state index is -2.72. The zero-order valence-corrected chi connectivity index (χ0v) is 60.8. The maximum Gasteiger partial charge on any atom is 0.407 e. The Bertz CT molecular complexity index is 3540. The molecular weight excluding hydrogens is 1300 g/mol. The molecule has 0 radical (unpaired) electrons. The predicted molar refractivity (Wildman–Crippen MR) is 372 cm³/mol. The number of allylic oxidation sites excluding steroid dienone is 1. The van der Waals surface area contributed by atoms with Crippen LogP contribution < -0.4 is 37.2 Å². The van der Waals surface area contributed by atoms with Crippen molar-refractivity contribution in [3.63, 3.8) is 0 Å². The van der Waals surface area contributed by atoms with Crippen LogP contribution in [0.4, 0.5) is 4.79 Å². The molecule has 528 valence electrons. The lowest BCUT2D eigenvalue weighted by atomic mass is 9.94. The Morgan fingerprint density at radius 1 is 0.804 bits per heavy atom. The highest BCUT2D eigenvalue weighted by Crippen LogP contribution is 2.45. The number of hydrogen-bond acceptors (Lipinski definition) is 16. The van der Waals surface area contributed by atoms with Gasteiger partial charge in [-0.2, -0.15) is 0 Å². The van der Waals surface area contributed by atoms with E-state index in [1.54, 1.807) is 52.0 Å². The summed E-state index contributed by atoms with van der Waals surface area (Å²) in [6.07, 6.45) is -1.62. The molecule has 25 nitrogen and oxygen atoms in total. The number of rotatable bonds is 21. The lowest BCUT2D eigenvalue weighted by Crippen LogP contribution is -2.60. The zero-order valence-electron chi connectivity index (χ0n) is 58.0. The highest BCUT2D eigenvalue weighted by Gasteiger charge is 2.47. The Morgan fingerprint density at radius 3 is 2.01 bits per heavy atom. The topological polar surface area (TPSA) is 351 Å². The van der Waals surface area contributed by atoms with Crippen molar-refractivity contribution in [2.75, 3.05) is 38.6 Å². The molecule has 0 bridgehead atoms. The largest absolute Gasteiger partial charge is 0.480 e. The number of carbonyl (C=O) groups is 10. The smallest absolute Gasteiger partial charge is 0.407 e. The van der Waals surface area contributed by atoms with Gasteiger partial charge in [0.2, 0.25) is 41.4 Å². The van der Waals surface area contributed by atoms with E-state index in [2.05, 4.69) is 110 Å². The highest BCUT2D eigenvalue weighted by molar-refractivity contribution is 7.99. The Labute approximate surface area is 573 Å². The van der Waals surface area contributed by atoms with Gasteiger partial charge in [0.1, 0.15) is 42.9 Å². The molecule has 0 unspecified atom stereocenters. The van der Waals surface area contributed by atoms with Gasteiger partial charge in [0.15, 0.2) is 16.6 Å². The molecule has 1 aliphatic carbocycles. The van der Waals surface area contributed by atoms with Gasteiger partial charge in [0, 0.05) is 47.9 Å². The fourth-order valence-corrected chi connectivity index (χ4v) is 14.9. The average molecular weight is 1400 g/mol. The van der Waals surface area contributed by atoms with E-state index >= 15 is 9.59 Å². The number of ether oxygens (including phenoxy) is 2. The van der Waals surface area contributed by atoms with E-state index in [4.69, 9.17) is 18.3 Å². The van der Waals surface area contributed by atoms with Crippen molar-refractivity contribution in [3.05, 3.63) is 102 Å². The number of carboxylic acid groups (broad SMARTS) is 1. The van der Waals surface area contributed by atoms with Crippen LogP contribution >= 0.6 is 11.8 Å². The first-order valence-corrected chi connectivity index (χ1v) is 39.8. The molecule has 4 aromatic rings. The van der Waals surface area contributed by atoms with Crippen molar-refractivity contribution >= 4 is 98.7 Å². The number of likely N-dealkylation sites (tertiary alicyclic amines) is 1. The molecule has 1 aromatic heterocycles. The van der Waals surface area contributed by atoms with Gasteiger partial charge in [0.05, 0.1) is 49.6 Å². The number of hydrogen-bond donors (Lipinski definition) is 10. The summed E-state index contributed by atoms with van der Waals surface area (Å²) in [4.78, 5) is 147. The van der Waals surface area contributed by atoms with Crippen LogP contribution in [0.2, 0.25) is 36.3 Å². The average Bonchev–Trinajstić information content (AvgIpc) is 1.65. The van der Waals surface area contributed by atoms with Crippen LogP contribution in [-0.2, 0) is 67.9 Å². The molecule has 8 amide bonds. The number of nitrogens with one attached hydrogen (secondary N) is 8. The SMILES string of the molecule is C/C=C/OC(=O)C[C@H](NC(=O)[C@@H]1CSc2[nH]c3ccccc3c2C[C@H](NC(=O)[C@@H](NC(=O)OCC2c3ccccc3-c3ccccc32)[C@@H](C)[C@H](CO[Si](C)(C)C(C)(C)C)O[Si](C)(C)C(C)(C)C)C(=O)NCC(=O)N[C@@H]([C@@H](C)CC)C(=O)NCC(=O)N1)C(=O)N1C[C@H](O)C[C@H]1C(=O)O. The van der Waals surface area contributed by atoms with Crippen LogP contribution in [0.3, 0.4) is 0 Å². The number of nitrogens with zero attached hydrogens (tertiary/aromatic N) is 1. The number of aliphatic hydroxyl groups is 1.